The van der Waals surface area contributed by atoms with Crippen molar-refractivity contribution in [2.45, 2.75) is 58.5 Å². The van der Waals surface area contributed by atoms with Gasteiger partial charge in [0, 0.05) is 6.54 Å². The first-order chi connectivity index (χ1) is 9.60. The first-order valence-electron chi connectivity index (χ1n) is 7.52. The number of carbonyl (C=O) groups is 1. The molecule has 21 heavy (non-hydrogen) atoms. The average Bonchev–Trinajstić information content (AvgIpc) is 2.23. The third-order valence-corrected chi connectivity index (χ3v) is 4.68. The van der Waals surface area contributed by atoms with Crippen LogP contribution in [0.25, 0.3) is 0 Å². The summed E-state index contributed by atoms with van der Waals surface area (Å²) < 4.78 is 35.3. The summed E-state index contributed by atoms with van der Waals surface area (Å²) in [5.41, 5.74) is -0.512. The van der Waals surface area contributed by atoms with Gasteiger partial charge in [0.15, 0.2) is 0 Å². The lowest BCUT2D eigenvalue weighted by Crippen LogP contribution is -2.40. The number of rotatable bonds is 4. The number of alkyl carbamates (subject to hydrolysis) is 1. The number of ether oxygens (including phenoxy) is 1. The van der Waals surface area contributed by atoms with Gasteiger partial charge >= 0.3 is 6.09 Å². The van der Waals surface area contributed by atoms with Crippen LogP contribution in [0.5, 0.6) is 0 Å². The second-order valence-corrected chi connectivity index (χ2v) is 8.17. The van der Waals surface area contributed by atoms with Gasteiger partial charge in [-0.3, -0.25) is 4.55 Å². The second-order valence-electron chi connectivity index (χ2n) is 6.59. The van der Waals surface area contributed by atoms with Gasteiger partial charge in [-0.25, -0.2) is 4.79 Å². The third kappa shape index (κ3) is 7.66. The molecule has 2 unspecified atom stereocenters. The lowest BCUT2D eigenvalue weighted by atomic mass is 9.79. The van der Waals surface area contributed by atoms with Crippen molar-refractivity contribution in [2.75, 3.05) is 12.3 Å². The van der Waals surface area contributed by atoms with Crippen molar-refractivity contribution >= 4 is 16.2 Å². The van der Waals surface area contributed by atoms with Crippen LogP contribution < -0.4 is 5.32 Å². The molecule has 0 aromatic carbocycles. The highest BCUT2D eigenvalue weighted by Crippen LogP contribution is 2.34. The molecule has 1 rings (SSSR count). The molecule has 1 fully saturated rings. The quantitative estimate of drug-likeness (QED) is 0.776. The van der Waals surface area contributed by atoms with Crippen molar-refractivity contribution in [3.05, 3.63) is 0 Å². The molecule has 0 heterocycles. The molecular formula is C14H27NO5S. The fourth-order valence-electron chi connectivity index (χ4n) is 3.19. The van der Waals surface area contributed by atoms with Crippen LogP contribution in [0.15, 0.2) is 0 Å². The van der Waals surface area contributed by atoms with Crippen molar-refractivity contribution in [2.24, 2.45) is 11.8 Å². The number of nitrogens with one attached hydrogen (secondary N) is 1. The Balaban J connectivity index is 2.48. The SMILES string of the molecule is CC1CCCC(C)(OC(=O)NCCS(=O)(=O)O)C[C@@H](C)C1. The number of hydrogen-bond donors (Lipinski definition) is 2. The highest BCUT2D eigenvalue weighted by molar-refractivity contribution is 7.85. The third-order valence-electron chi connectivity index (χ3n) is 3.96. The zero-order valence-electron chi connectivity index (χ0n) is 13.1. The Kier molecular flexibility index (Phi) is 6.46. The smallest absolute Gasteiger partial charge is 0.407 e. The maximum absolute atomic E-state index is 11.8. The van der Waals surface area contributed by atoms with Crippen LogP contribution in [0, 0.1) is 11.8 Å². The number of carbonyl (C=O) groups excluding carboxylic acids is 1. The summed E-state index contributed by atoms with van der Waals surface area (Å²) in [6, 6.07) is 0. The van der Waals surface area contributed by atoms with Crippen molar-refractivity contribution in [1.82, 2.24) is 5.32 Å². The van der Waals surface area contributed by atoms with Crippen molar-refractivity contribution < 1.29 is 22.5 Å². The van der Waals surface area contributed by atoms with E-state index >= 15 is 0 Å². The highest BCUT2D eigenvalue weighted by atomic mass is 32.2. The van der Waals surface area contributed by atoms with Crippen LogP contribution in [0.1, 0.15) is 52.9 Å². The monoisotopic (exact) mass is 321 g/mol. The minimum Gasteiger partial charge on any atom is -0.443 e. The molecule has 1 saturated carbocycles. The van der Waals surface area contributed by atoms with Crippen LogP contribution in [-0.2, 0) is 14.9 Å². The first-order valence-corrected chi connectivity index (χ1v) is 9.12. The molecule has 0 bridgehead atoms. The molecule has 6 nitrogen and oxygen atoms in total. The second kappa shape index (κ2) is 7.45. The topological polar surface area (TPSA) is 92.7 Å². The van der Waals surface area contributed by atoms with E-state index in [2.05, 4.69) is 19.2 Å². The van der Waals surface area contributed by atoms with Crippen LogP contribution in [-0.4, -0.2) is 37.0 Å². The minimum atomic E-state index is -4.06. The van der Waals surface area contributed by atoms with Crippen molar-refractivity contribution in [3.63, 3.8) is 0 Å². The molecule has 0 aromatic heterocycles. The van der Waals surface area contributed by atoms with Gasteiger partial charge in [0.1, 0.15) is 5.60 Å². The summed E-state index contributed by atoms with van der Waals surface area (Å²) in [5, 5.41) is 2.37. The maximum atomic E-state index is 11.8. The normalized spacial score (nSPS) is 31.0. The fourth-order valence-corrected chi connectivity index (χ4v) is 3.55. The van der Waals surface area contributed by atoms with E-state index in [0.29, 0.717) is 11.8 Å². The van der Waals surface area contributed by atoms with Crippen LogP contribution in [0.3, 0.4) is 0 Å². The van der Waals surface area contributed by atoms with Crippen LogP contribution in [0.4, 0.5) is 4.79 Å². The van der Waals surface area contributed by atoms with E-state index in [-0.39, 0.29) is 6.54 Å². The number of amides is 1. The Labute approximate surface area is 127 Å². The summed E-state index contributed by atoms with van der Waals surface area (Å²) in [6.45, 7) is 6.20. The van der Waals surface area contributed by atoms with Gasteiger partial charge < -0.3 is 10.1 Å². The molecule has 0 aliphatic heterocycles. The van der Waals surface area contributed by atoms with E-state index in [4.69, 9.17) is 9.29 Å². The van der Waals surface area contributed by atoms with E-state index in [9.17, 15) is 13.2 Å². The molecule has 0 aromatic rings. The largest absolute Gasteiger partial charge is 0.443 e. The van der Waals surface area contributed by atoms with Gasteiger partial charge in [0.05, 0.1) is 5.75 Å². The zero-order valence-corrected chi connectivity index (χ0v) is 13.9. The summed E-state index contributed by atoms with van der Waals surface area (Å²) in [7, 11) is -4.06. The predicted molar refractivity (Wildman–Crippen MR) is 80.7 cm³/mol. The molecule has 3 atom stereocenters. The molecular weight excluding hydrogens is 294 g/mol. The molecule has 2 N–H and O–H groups in total. The Morgan fingerprint density at radius 3 is 2.67 bits per heavy atom. The first kappa shape index (κ1) is 18.2. The Morgan fingerprint density at radius 1 is 1.38 bits per heavy atom. The van der Waals surface area contributed by atoms with Gasteiger partial charge in [-0.05, 0) is 44.4 Å². The lowest BCUT2D eigenvalue weighted by molar-refractivity contribution is -0.00747. The van der Waals surface area contributed by atoms with E-state index < -0.39 is 27.6 Å². The summed E-state index contributed by atoms with van der Waals surface area (Å²) in [4.78, 5) is 11.8. The highest BCUT2D eigenvalue weighted by Gasteiger charge is 2.32. The van der Waals surface area contributed by atoms with Gasteiger partial charge in [0.25, 0.3) is 10.1 Å². The Bertz CT molecular complexity index is 450. The summed E-state index contributed by atoms with van der Waals surface area (Å²) >= 11 is 0. The van der Waals surface area contributed by atoms with Crippen molar-refractivity contribution in [3.8, 4) is 0 Å². The standard InChI is InChI=1S/C14H27NO5S/c1-11-5-4-6-14(3,10-12(2)9-11)20-13(16)15-7-8-21(17,18)19/h11-12H,4-10H2,1-3H3,(H,15,16)(H,17,18,19)/t11?,12-,14?/m0/s1. The van der Waals surface area contributed by atoms with Crippen molar-refractivity contribution in [1.29, 1.82) is 0 Å². The van der Waals surface area contributed by atoms with E-state index in [1.165, 1.54) is 0 Å². The van der Waals surface area contributed by atoms with Gasteiger partial charge in [-0.2, -0.15) is 8.42 Å². The predicted octanol–water partition coefficient (Wildman–Crippen LogP) is 2.60. The molecule has 124 valence electrons. The summed E-state index contributed by atoms with van der Waals surface area (Å²) in [5.74, 6) is 0.677. The number of hydrogen-bond acceptors (Lipinski definition) is 4. The van der Waals surface area contributed by atoms with Gasteiger partial charge in [0.2, 0.25) is 0 Å². The Hall–Kier alpha value is -0.820. The van der Waals surface area contributed by atoms with E-state index in [0.717, 1.165) is 32.1 Å². The van der Waals surface area contributed by atoms with Gasteiger partial charge in [-0.1, -0.05) is 20.3 Å². The van der Waals surface area contributed by atoms with Crippen LogP contribution >= 0.6 is 0 Å². The molecule has 0 saturated heterocycles. The minimum absolute atomic E-state index is 0.152. The van der Waals surface area contributed by atoms with E-state index in [1.807, 2.05) is 6.92 Å². The average molecular weight is 321 g/mol. The van der Waals surface area contributed by atoms with Crippen LogP contribution in [0.2, 0.25) is 0 Å². The maximum Gasteiger partial charge on any atom is 0.407 e. The van der Waals surface area contributed by atoms with Gasteiger partial charge in [-0.15, -0.1) is 0 Å². The molecule has 0 spiro atoms. The molecule has 1 aliphatic rings. The molecule has 0 radical (unpaired) electrons. The Morgan fingerprint density at radius 2 is 2.05 bits per heavy atom. The lowest BCUT2D eigenvalue weighted by Gasteiger charge is -2.35. The fraction of sp³-hybridized carbons (Fsp3) is 0.929. The molecule has 1 amide bonds. The van der Waals surface area contributed by atoms with E-state index in [1.54, 1.807) is 0 Å². The zero-order chi connectivity index (χ0) is 16.1. The molecule has 1 aliphatic carbocycles. The summed E-state index contributed by atoms with van der Waals surface area (Å²) in [6.07, 6.45) is 4.28. The molecule has 7 heteroatoms.